The van der Waals surface area contributed by atoms with Crippen molar-refractivity contribution in [3.63, 3.8) is 0 Å². The molecule has 2 atom stereocenters. The first-order chi connectivity index (χ1) is 23.3. The molecule has 1 aromatic carbocycles. The molecule has 3 aromatic heterocycles. The third-order valence-electron chi connectivity index (χ3n) is 10.8. The van der Waals surface area contributed by atoms with Crippen molar-refractivity contribution in [3.8, 4) is 23.3 Å². The predicted octanol–water partition coefficient (Wildman–Crippen LogP) is 5.97. The number of anilines is 2. The molecule has 3 aliphatic rings. The summed E-state index contributed by atoms with van der Waals surface area (Å²) in [6, 6.07) is 3.14. The summed E-state index contributed by atoms with van der Waals surface area (Å²) in [4.78, 5) is 20.5. The van der Waals surface area contributed by atoms with Crippen molar-refractivity contribution < 1.29 is 22.6 Å². The molecule has 4 heterocycles. The molecule has 1 saturated heterocycles. The summed E-state index contributed by atoms with van der Waals surface area (Å²) >= 11 is 0.737. The summed E-state index contributed by atoms with van der Waals surface area (Å²) in [7, 11) is 6.04. The fraction of sp³-hybridized carbons (Fsp3) is 0.543. The maximum atomic E-state index is 16.8. The molecule has 10 nitrogen and oxygen atoms in total. The van der Waals surface area contributed by atoms with Gasteiger partial charge in [0, 0.05) is 60.8 Å². The van der Waals surface area contributed by atoms with Crippen molar-refractivity contribution in [2.75, 3.05) is 64.6 Å². The van der Waals surface area contributed by atoms with E-state index >= 15 is 4.39 Å². The van der Waals surface area contributed by atoms with E-state index in [0.29, 0.717) is 37.0 Å². The van der Waals surface area contributed by atoms with E-state index in [1.54, 1.807) is 0 Å². The molecule has 3 fully saturated rings. The minimum absolute atomic E-state index is 0.00659. The maximum Gasteiger partial charge on any atom is 0.319 e. The van der Waals surface area contributed by atoms with Crippen LogP contribution in [0.4, 0.5) is 24.0 Å². The molecule has 0 amide bonds. The van der Waals surface area contributed by atoms with Gasteiger partial charge >= 0.3 is 6.01 Å². The first-order valence-electron chi connectivity index (χ1n) is 16.7. The number of pyridine rings is 1. The number of nitrogens with two attached hydrogens (primary N) is 1. The average Bonchev–Trinajstić information content (AvgIpc) is 3.73. The number of aromatic nitrogens is 3. The van der Waals surface area contributed by atoms with Crippen molar-refractivity contribution in [2.24, 2.45) is 5.41 Å². The van der Waals surface area contributed by atoms with Crippen LogP contribution in [0.2, 0.25) is 0 Å². The summed E-state index contributed by atoms with van der Waals surface area (Å²) in [5.74, 6) is -2.75. The molecule has 2 N–H and O–H groups in total. The van der Waals surface area contributed by atoms with Gasteiger partial charge in [-0.05, 0) is 66.1 Å². The van der Waals surface area contributed by atoms with Crippen molar-refractivity contribution in [1.82, 2.24) is 24.8 Å². The van der Waals surface area contributed by atoms with E-state index in [1.807, 2.05) is 18.0 Å². The number of likely N-dealkylation sites (N-methyl/N-ethyl adjacent to an activating group) is 2. The van der Waals surface area contributed by atoms with Gasteiger partial charge in [-0.3, -0.25) is 9.88 Å². The third-order valence-corrected chi connectivity index (χ3v) is 11.8. The largest absolute Gasteiger partial charge is 0.463 e. The van der Waals surface area contributed by atoms with Gasteiger partial charge in [0.15, 0.2) is 17.5 Å². The lowest BCUT2D eigenvalue weighted by Crippen LogP contribution is -2.56. The van der Waals surface area contributed by atoms with Crippen LogP contribution >= 0.6 is 11.3 Å². The van der Waals surface area contributed by atoms with Crippen molar-refractivity contribution >= 4 is 43.1 Å². The molecule has 260 valence electrons. The topological polar surface area (TPSA) is 117 Å². The first-order valence-corrected chi connectivity index (χ1v) is 17.5. The SMILES string of the molecule is C[C@@H]1CO[C@@H](C)CN1CC1(COc2nc(N(C)CC3(N(C)C)CCC3)c3cnc(-c4cc(F)c(F)c5sc(N)c(C#N)c45)c(F)c3n2)CC1. The Morgan fingerprint density at radius 3 is 2.55 bits per heavy atom. The van der Waals surface area contributed by atoms with E-state index in [1.165, 1.54) is 6.20 Å². The Kier molecular flexibility index (Phi) is 8.62. The number of morpholine rings is 1. The summed E-state index contributed by atoms with van der Waals surface area (Å²) < 4.78 is 58.6. The van der Waals surface area contributed by atoms with Crippen LogP contribution in [-0.4, -0.2) is 96.4 Å². The van der Waals surface area contributed by atoms with Crippen LogP contribution in [-0.2, 0) is 4.74 Å². The molecule has 14 heteroatoms. The Morgan fingerprint density at radius 2 is 1.90 bits per heavy atom. The van der Waals surface area contributed by atoms with Crippen LogP contribution in [0.5, 0.6) is 6.01 Å². The zero-order valence-corrected chi connectivity index (χ0v) is 29.3. The van der Waals surface area contributed by atoms with Gasteiger partial charge < -0.3 is 25.0 Å². The fourth-order valence-corrected chi connectivity index (χ4v) is 8.28. The zero-order chi connectivity index (χ0) is 34.8. The minimum atomic E-state index is -1.20. The van der Waals surface area contributed by atoms with Crippen LogP contribution in [0.15, 0.2) is 12.3 Å². The third kappa shape index (κ3) is 5.94. The summed E-state index contributed by atoms with van der Waals surface area (Å²) in [6.07, 6.45) is 6.76. The molecule has 2 saturated carbocycles. The quantitative estimate of drug-likeness (QED) is 0.213. The molecule has 7 rings (SSSR count). The maximum absolute atomic E-state index is 16.8. The van der Waals surface area contributed by atoms with Crippen LogP contribution in [0.1, 0.15) is 51.5 Å². The minimum Gasteiger partial charge on any atom is -0.463 e. The number of rotatable bonds is 10. The number of halogens is 3. The molecule has 0 bridgehead atoms. The molecule has 49 heavy (non-hydrogen) atoms. The second-order valence-corrected chi connectivity index (χ2v) is 15.5. The number of hydrogen-bond donors (Lipinski definition) is 1. The molecule has 4 aromatic rings. The monoisotopic (exact) mass is 694 g/mol. The number of ether oxygens (including phenoxy) is 2. The summed E-state index contributed by atoms with van der Waals surface area (Å²) in [5.41, 5.74) is 5.39. The van der Waals surface area contributed by atoms with E-state index in [2.05, 4.69) is 47.7 Å². The van der Waals surface area contributed by atoms with Gasteiger partial charge in [0.2, 0.25) is 0 Å². The van der Waals surface area contributed by atoms with Crippen molar-refractivity contribution in [3.05, 3.63) is 35.3 Å². The predicted molar refractivity (Wildman–Crippen MR) is 184 cm³/mol. The number of nitrogens with zero attached hydrogens (tertiary/aromatic N) is 7. The molecule has 1 aliphatic heterocycles. The lowest BCUT2D eigenvalue weighted by molar-refractivity contribution is -0.0580. The summed E-state index contributed by atoms with van der Waals surface area (Å²) in [6.45, 7) is 7.63. The normalized spacial score (nSPS) is 21.6. The fourth-order valence-electron chi connectivity index (χ4n) is 7.31. The highest BCUT2D eigenvalue weighted by molar-refractivity contribution is 7.23. The second kappa shape index (κ2) is 12.5. The molecular weight excluding hydrogens is 654 g/mol. The Bertz CT molecular complexity index is 1970. The van der Waals surface area contributed by atoms with Crippen molar-refractivity contribution in [2.45, 2.75) is 63.6 Å². The lowest BCUT2D eigenvalue weighted by atomic mass is 9.75. The highest BCUT2D eigenvalue weighted by Gasteiger charge is 2.46. The van der Waals surface area contributed by atoms with Gasteiger partial charge in [0.05, 0.1) is 35.0 Å². The van der Waals surface area contributed by atoms with Gasteiger partial charge in [-0.2, -0.15) is 15.2 Å². The van der Waals surface area contributed by atoms with Crippen LogP contribution in [0, 0.1) is 34.2 Å². The average molecular weight is 695 g/mol. The van der Waals surface area contributed by atoms with Gasteiger partial charge in [-0.15, -0.1) is 11.3 Å². The van der Waals surface area contributed by atoms with Gasteiger partial charge in [0.1, 0.15) is 28.1 Å². The van der Waals surface area contributed by atoms with E-state index in [-0.39, 0.29) is 60.5 Å². The number of nitrogen functional groups attached to an aromatic ring is 1. The Labute approximate surface area is 287 Å². The van der Waals surface area contributed by atoms with E-state index in [9.17, 15) is 14.0 Å². The smallest absolute Gasteiger partial charge is 0.319 e. The Hall–Kier alpha value is -3.77. The number of nitriles is 1. The number of hydrogen-bond acceptors (Lipinski definition) is 11. The van der Waals surface area contributed by atoms with E-state index < -0.39 is 17.5 Å². The van der Waals surface area contributed by atoms with Crippen LogP contribution < -0.4 is 15.4 Å². The number of thiophene rings is 1. The van der Waals surface area contributed by atoms with E-state index in [0.717, 1.165) is 62.6 Å². The Balaban J connectivity index is 1.30. The standard InChI is InChI=1S/C35H41F3N8O2S/c1-19-15-47-20(2)14-46(19)16-34(9-10-34)18-48-33-42-29-23(32(43-33)45(5)17-35(44(3)4)7-6-8-35)13-41-28(27(29)38)21-11-24(36)26(37)30-25(21)22(12-39)31(40)49-30/h11,13,19-20H,6-10,14-18,40H2,1-5H3/t19-,20+/m1/s1. The lowest BCUT2D eigenvalue weighted by Gasteiger charge is -2.49. The molecule has 0 radical (unpaired) electrons. The first kappa shape index (κ1) is 33.7. The van der Waals surface area contributed by atoms with Gasteiger partial charge in [-0.1, -0.05) is 0 Å². The van der Waals surface area contributed by atoms with Gasteiger partial charge in [0.25, 0.3) is 0 Å². The van der Waals surface area contributed by atoms with Gasteiger partial charge in [-0.25, -0.2) is 13.2 Å². The molecule has 2 aliphatic carbocycles. The molecular formula is C35H41F3N8O2S. The Morgan fingerprint density at radius 1 is 1.14 bits per heavy atom. The van der Waals surface area contributed by atoms with Crippen molar-refractivity contribution in [1.29, 1.82) is 5.26 Å². The molecule has 0 unspecified atom stereocenters. The second-order valence-electron chi connectivity index (χ2n) is 14.4. The highest BCUT2D eigenvalue weighted by Crippen LogP contribution is 2.48. The highest BCUT2D eigenvalue weighted by atomic mass is 32.1. The van der Waals surface area contributed by atoms with E-state index in [4.69, 9.17) is 20.2 Å². The summed E-state index contributed by atoms with van der Waals surface area (Å²) in [5, 5.41) is 10.2. The zero-order valence-electron chi connectivity index (χ0n) is 28.4. The van der Waals surface area contributed by atoms with Crippen LogP contribution in [0.25, 0.3) is 32.2 Å². The number of benzene rings is 1. The number of fused-ring (bicyclic) bond motifs is 2. The molecule has 0 spiro atoms. The van der Waals surface area contributed by atoms with Crippen LogP contribution in [0.3, 0.4) is 0 Å².